The molecule has 31 heavy (non-hydrogen) atoms. The fraction of sp³-hybridized carbons (Fsp3) is 0.478. The van der Waals surface area contributed by atoms with Gasteiger partial charge in [0.25, 0.3) is 0 Å². The molecule has 7 nitrogen and oxygen atoms in total. The zero-order chi connectivity index (χ0) is 20.9. The third-order valence-electron chi connectivity index (χ3n) is 6.79. The number of piperazine rings is 1. The number of para-hydroxylation sites is 1. The molecular weight excluding hydrogens is 412 g/mol. The molecule has 2 aromatic heterocycles. The van der Waals surface area contributed by atoms with E-state index in [9.17, 15) is 4.79 Å². The van der Waals surface area contributed by atoms with Gasteiger partial charge in [0.15, 0.2) is 5.65 Å². The van der Waals surface area contributed by atoms with Crippen LogP contribution in [0.3, 0.4) is 0 Å². The van der Waals surface area contributed by atoms with E-state index in [0.29, 0.717) is 16.8 Å². The van der Waals surface area contributed by atoms with Crippen molar-refractivity contribution in [2.24, 2.45) is 5.92 Å². The Balaban J connectivity index is 1.34. The molecule has 0 bridgehead atoms. The molecule has 1 amide bonds. The van der Waals surface area contributed by atoms with E-state index in [0.717, 1.165) is 80.2 Å². The van der Waals surface area contributed by atoms with Gasteiger partial charge in [-0.15, -0.1) is 0 Å². The molecule has 3 aromatic rings. The smallest absolute Gasteiger partial charge is 0.225 e. The van der Waals surface area contributed by atoms with Crippen molar-refractivity contribution in [3.8, 4) is 5.69 Å². The van der Waals surface area contributed by atoms with Crippen LogP contribution in [-0.4, -0.2) is 56.7 Å². The van der Waals surface area contributed by atoms with E-state index in [1.165, 1.54) is 6.42 Å². The molecule has 1 aliphatic heterocycles. The first-order valence-electron chi connectivity index (χ1n) is 11.2. The number of rotatable bonds is 4. The number of amides is 1. The summed E-state index contributed by atoms with van der Waals surface area (Å²) in [4.78, 5) is 26.8. The van der Waals surface area contributed by atoms with Crippen LogP contribution in [-0.2, 0) is 4.79 Å². The number of fused-ring (bicyclic) bond motifs is 1. The number of halogens is 1. The van der Waals surface area contributed by atoms with Crippen molar-refractivity contribution in [1.29, 1.82) is 0 Å². The van der Waals surface area contributed by atoms with Gasteiger partial charge in [-0.2, -0.15) is 5.10 Å². The van der Waals surface area contributed by atoms with Gasteiger partial charge in [0.1, 0.15) is 11.6 Å². The van der Waals surface area contributed by atoms with Crippen molar-refractivity contribution in [2.75, 3.05) is 31.1 Å². The Morgan fingerprint density at radius 2 is 1.77 bits per heavy atom. The first-order chi connectivity index (χ1) is 15.2. The molecule has 0 atom stereocenters. The molecule has 0 unspecified atom stereocenters. The standard InChI is InChI=1S/C23H25ClN6O/c24-18-6-1-2-7-19(18)30-22-17(14-25-30)21(26-20(27-22)15-8-9-15)28-10-12-29(13-11-28)23(31)16-4-3-5-16/h1-2,6-7,14-16H,3-5,8-13H2. The summed E-state index contributed by atoms with van der Waals surface area (Å²) < 4.78 is 1.82. The lowest BCUT2D eigenvalue weighted by atomic mass is 9.84. The topological polar surface area (TPSA) is 67.2 Å². The molecule has 1 saturated heterocycles. The van der Waals surface area contributed by atoms with Crippen LogP contribution in [0.2, 0.25) is 5.02 Å². The predicted octanol–water partition coefficient (Wildman–Crippen LogP) is 3.80. The molecule has 3 fully saturated rings. The molecule has 160 valence electrons. The highest BCUT2D eigenvalue weighted by Gasteiger charge is 2.33. The van der Waals surface area contributed by atoms with Gasteiger partial charge in [-0.25, -0.2) is 14.6 Å². The van der Waals surface area contributed by atoms with Crippen molar-refractivity contribution < 1.29 is 4.79 Å². The van der Waals surface area contributed by atoms with Crippen LogP contribution in [0.4, 0.5) is 5.82 Å². The molecule has 3 aliphatic rings. The van der Waals surface area contributed by atoms with E-state index in [1.54, 1.807) is 0 Å². The number of hydrogen-bond donors (Lipinski definition) is 0. The van der Waals surface area contributed by atoms with Crippen LogP contribution in [0, 0.1) is 5.92 Å². The van der Waals surface area contributed by atoms with Gasteiger partial charge in [-0.05, 0) is 37.8 Å². The predicted molar refractivity (Wildman–Crippen MR) is 120 cm³/mol. The summed E-state index contributed by atoms with van der Waals surface area (Å²) in [5.74, 6) is 2.85. The van der Waals surface area contributed by atoms with Crippen LogP contribution in [0.5, 0.6) is 0 Å². The monoisotopic (exact) mass is 436 g/mol. The Labute approximate surface area is 186 Å². The number of nitrogens with zero attached hydrogens (tertiary/aromatic N) is 6. The largest absolute Gasteiger partial charge is 0.352 e. The third-order valence-corrected chi connectivity index (χ3v) is 7.11. The average molecular weight is 437 g/mol. The number of benzene rings is 1. The lowest BCUT2D eigenvalue weighted by molar-refractivity contribution is -0.138. The summed E-state index contributed by atoms with van der Waals surface area (Å²) in [7, 11) is 0. The Morgan fingerprint density at radius 3 is 2.45 bits per heavy atom. The quantitative estimate of drug-likeness (QED) is 0.622. The van der Waals surface area contributed by atoms with Crippen molar-refractivity contribution in [3.05, 3.63) is 41.3 Å². The highest BCUT2D eigenvalue weighted by Crippen LogP contribution is 2.40. The summed E-state index contributed by atoms with van der Waals surface area (Å²) in [6.45, 7) is 3.06. The number of carbonyl (C=O) groups is 1. The Bertz CT molecular complexity index is 1140. The zero-order valence-corrected chi connectivity index (χ0v) is 18.1. The van der Waals surface area contributed by atoms with Crippen LogP contribution in [0.25, 0.3) is 16.7 Å². The molecule has 3 heterocycles. The van der Waals surface area contributed by atoms with Gasteiger partial charge < -0.3 is 9.80 Å². The van der Waals surface area contributed by atoms with Crippen LogP contribution < -0.4 is 4.90 Å². The highest BCUT2D eigenvalue weighted by atomic mass is 35.5. The highest BCUT2D eigenvalue weighted by molar-refractivity contribution is 6.32. The average Bonchev–Trinajstić information content (AvgIpc) is 3.52. The maximum Gasteiger partial charge on any atom is 0.225 e. The van der Waals surface area contributed by atoms with Gasteiger partial charge in [-0.3, -0.25) is 4.79 Å². The van der Waals surface area contributed by atoms with Gasteiger partial charge in [0, 0.05) is 38.0 Å². The zero-order valence-electron chi connectivity index (χ0n) is 17.4. The molecule has 0 N–H and O–H groups in total. The molecule has 6 rings (SSSR count). The van der Waals surface area contributed by atoms with Crippen molar-refractivity contribution >= 4 is 34.4 Å². The normalized spacial score (nSPS) is 19.6. The fourth-order valence-electron chi connectivity index (χ4n) is 4.53. The lowest BCUT2D eigenvalue weighted by Gasteiger charge is -2.38. The molecular formula is C23H25ClN6O. The number of aromatic nitrogens is 4. The van der Waals surface area contributed by atoms with Gasteiger partial charge in [0.05, 0.1) is 22.3 Å². The lowest BCUT2D eigenvalue weighted by Crippen LogP contribution is -2.51. The summed E-state index contributed by atoms with van der Waals surface area (Å²) in [5.41, 5.74) is 1.62. The minimum Gasteiger partial charge on any atom is -0.352 e. The molecule has 2 aliphatic carbocycles. The second kappa shape index (κ2) is 7.48. The van der Waals surface area contributed by atoms with E-state index in [-0.39, 0.29) is 5.92 Å². The first-order valence-corrected chi connectivity index (χ1v) is 11.6. The Kier molecular flexibility index (Phi) is 4.60. The molecule has 0 spiro atoms. The van der Waals surface area contributed by atoms with E-state index < -0.39 is 0 Å². The van der Waals surface area contributed by atoms with Crippen molar-refractivity contribution in [3.63, 3.8) is 0 Å². The Hall–Kier alpha value is -2.67. The molecule has 0 radical (unpaired) electrons. The fourth-order valence-corrected chi connectivity index (χ4v) is 4.74. The van der Waals surface area contributed by atoms with Crippen LogP contribution >= 0.6 is 11.6 Å². The second-order valence-electron chi connectivity index (χ2n) is 8.86. The van der Waals surface area contributed by atoms with Crippen LogP contribution in [0.1, 0.15) is 43.8 Å². The number of carbonyl (C=O) groups excluding carboxylic acids is 1. The summed E-state index contributed by atoms with van der Waals surface area (Å²) in [6.07, 6.45) is 7.41. The van der Waals surface area contributed by atoms with E-state index in [2.05, 4.69) is 10.00 Å². The Morgan fingerprint density at radius 1 is 1.00 bits per heavy atom. The number of hydrogen-bond acceptors (Lipinski definition) is 5. The maximum atomic E-state index is 12.6. The molecule has 8 heteroatoms. The van der Waals surface area contributed by atoms with E-state index >= 15 is 0 Å². The summed E-state index contributed by atoms with van der Waals surface area (Å²) in [6, 6.07) is 7.69. The SMILES string of the molecule is O=C(C1CCC1)N1CCN(c2nc(C3CC3)nc3c2cnn3-c2ccccc2Cl)CC1. The minimum atomic E-state index is 0.257. The summed E-state index contributed by atoms with van der Waals surface area (Å²) in [5, 5.41) is 6.20. The number of anilines is 1. The van der Waals surface area contributed by atoms with Gasteiger partial charge in [0.2, 0.25) is 5.91 Å². The van der Waals surface area contributed by atoms with E-state index in [4.69, 9.17) is 21.6 Å². The van der Waals surface area contributed by atoms with Gasteiger partial charge in [-0.1, -0.05) is 30.2 Å². The third kappa shape index (κ3) is 3.35. The van der Waals surface area contributed by atoms with Gasteiger partial charge >= 0.3 is 0 Å². The molecule has 2 saturated carbocycles. The second-order valence-corrected chi connectivity index (χ2v) is 9.27. The molecule has 1 aromatic carbocycles. The van der Waals surface area contributed by atoms with E-state index in [1.807, 2.05) is 40.0 Å². The minimum absolute atomic E-state index is 0.257. The van der Waals surface area contributed by atoms with Crippen molar-refractivity contribution in [1.82, 2.24) is 24.6 Å². The van der Waals surface area contributed by atoms with Crippen molar-refractivity contribution in [2.45, 2.75) is 38.0 Å². The van der Waals surface area contributed by atoms with Crippen LogP contribution in [0.15, 0.2) is 30.5 Å². The summed E-state index contributed by atoms with van der Waals surface area (Å²) >= 11 is 6.46. The first kappa shape index (κ1) is 19.0. The maximum absolute atomic E-state index is 12.6.